The molecule has 3 heteroatoms. The summed E-state index contributed by atoms with van der Waals surface area (Å²) >= 11 is 0. The fourth-order valence-electron chi connectivity index (χ4n) is 5.87. The molecular weight excluding hydrogens is 516 g/mol. The molecule has 0 saturated carbocycles. The minimum absolute atomic E-state index is 0.606. The second-order valence-corrected chi connectivity index (χ2v) is 12.1. The number of rotatable bonds is 28. The van der Waals surface area contributed by atoms with Crippen molar-refractivity contribution >= 4 is 0 Å². The standard InChI is InChI=1S/C39H64O3/c1-4-7-9-11-13-14-15-16-17-18-19-20-21-28-34-39(40-6-3,41-35-29-22-12-10-8-5-2)37-32-26-27-33-38(37)42-36-30-24-23-25-31-36/h23-27,30-33H,4-22,28-29,34-35H2,1-3H3. The van der Waals surface area contributed by atoms with Crippen molar-refractivity contribution in [3.05, 3.63) is 60.2 Å². The third kappa shape index (κ3) is 15.6. The van der Waals surface area contributed by atoms with Crippen LogP contribution in [0, 0.1) is 0 Å². The first-order valence-corrected chi connectivity index (χ1v) is 17.9. The Bertz CT molecular complexity index is 867. The van der Waals surface area contributed by atoms with Crippen LogP contribution in [0.4, 0.5) is 0 Å². The van der Waals surface area contributed by atoms with E-state index in [-0.39, 0.29) is 0 Å². The summed E-state index contributed by atoms with van der Waals surface area (Å²) in [5.41, 5.74) is 1.01. The van der Waals surface area contributed by atoms with Crippen LogP contribution in [0.2, 0.25) is 0 Å². The van der Waals surface area contributed by atoms with Crippen LogP contribution in [0.3, 0.4) is 0 Å². The van der Waals surface area contributed by atoms with Gasteiger partial charge in [0.2, 0.25) is 0 Å². The van der Waals surface area contributed by atoms with E-state index in [1.807, 2.05) is 36.4 Å². The van der Waals surface area contributed by atoms with Gasteiger partial charge in [0.1, 0.15) is 11.5 Å². The molecule has 0 radical (unpaired) electrons. The lowest BCUT2D eigenvalue weighted by Gasteiger charge is -2.35. The molecule has 238 valence electrons. The van der Waals surface area contributed by atoms with E-state index in [0.29, 0.717) is 13.2 Å². The number of hydrogen-bond acceptors (Lipinski definition) is 3. The number of unbranched alkanes of at least 4 members (excludes halogenated alkanes) is 18. The van der Waals surface area contributed by atoms with Gasteiger partial charge in [0, 0.05) is 13.0 Å². The zero-order valence-corrected chi connectivity index (χ0v) is 27.7. The van der Waals surface area contributed by atoms with Crippen molar-refractivity contribution in [2.75, 3.05) is 13.2 Å². The van der Waals surface area contributed by atoms with E-state index in [1.54, 1.807) is 0 Å². The van der Waals surface area contributed by atoms with Gasteiger partial charge in [-0.1, -0.05) is 160 Å². The van der Waals surface area contributed by atoms with Crippen molar-refractivity contribution in [2.45, 2.75) is 161 Å². The highest BCUT2D eigenvalue weighted by atomic mass is 16.7. The Morgan fingerprint density at radius 3 is 1.50 bits per heavy atom. The first kappa shape index (κ1) is 36.4. The van der Waals surface area contributed by atoms with Gasteiger partial charge in [0.25, 0.3) is 0 Å². The third-order valence-corrected chi connectivity index (χ3v) is 8.34. The highest BCUT2D eigenvalue weighted by Gasteiger charge is 2.36. The molecule has 0 aliphatic rings. The molecule has 0 amide bonds. The highest BCUT2D eigenvalue weighted by Crippen LogP contribution is 2.40. The van der Waals surface area contributed by atoms with Crippen molar-refractivity contribution in [1.82, 2.24) is 0 Å². The van der Waals surface area contributed by atoms with E-state index in [2.05, 4.69) is 39.0 Å². The zero-order valence-electron chi connectivity index (χ0n) is 27.7. The molecule has 2 aromatic carbocycles. The van der Waals surface area contributed by atoms with Crippen molar-refractivity contribution in [3.8, 4) is 11.5 Å². The molecule has 2 aromatic rings. The molecule has 0 spiro atoms. The Hall–Kier alpha value is -1.84. The summed E-state index contributed by atoms with van der Waals surface area (Å²) in [5.74, 6) is 0.883. The summed E-state index contributed by atoms with van der Waals surface area (Å²) in [5, 5.41) is 0. The Labute approximate surface area is 260 Å². The number of ether oxygens (including phenoxy) is 3. The SMILES string of the molecule is CCCCCCCCCCCCCCCCC(OCC)(OCCCCCCCC)c1ccccc1Oc1ccccc1. The summed E-state index contributed by atoms with van der Waals surface area (Å²) in [6, 6.07) is 18.4. The lowest BCUT2D eigenvalue weighted by molar-refractivity contribution is -0.250. The van der Waals surface area contributed by atoms with Crippen LogP contribution in [0.25, 0.3) is 0 Å². The van der Waals surface area contributed by atoms with E-state index in [0.717, 1.165) is 36.3 Å². The van der Waals surface area contributed by atoms with Crippen LogP contribution in [0.15, 0.2) is 54.6 Å². The molecule has 0 aromatic heterocycles. The maximum Gasteiger partial charge on any atom is 0.198 e. The molecule has 42 heavy (non-hydrogen) atoms. The van der Waals surface area contributed by atoms with E-state index in [9.17, 15) is 0 Å². The van der Waals surface area contributed by atoms with Crippen molar-refractivity contribution in [1.29, 1.82) is 0 Å². The Kier molecular flexibility index (Phi) is 21.3. The fourth-order valence-corrected chi connectivity index (χ4v) is 5.87. The van der Waals surface area contributed by atoms with E-state index >= 15 is 0 Å². The molecule has 0 heterocycles. The molecule has 2 rings (SSSR count). The third-order valence-electron chi connectivity index (χ3n) is 8.34. The smallest absolute Gasteiger partial charge is 0.198 e. The first-order valence-electron chi connectivity index (χ1n) is 17.9. The fraction of sp³-hybridized carbons (Fsp3) is 0.692. The maximum atomic E-state index is 6.75. The van der Waals surface area contributed by atoms with Crippen LogP contribution in [-0.2, 0) is 15.3 Å². The highest BCUT2D eigenvalue weighted by molar-refractivity contribution is 5.40. The van der Waals surface area contributed by atoms with Gasteiger partial charge in [0.15, 0.2) is 5.79 Å². The van der Waals surface area contributed by atoms with Crippen molar-refractivity contribution in [3.63, 3.8) is 0 Å². The molecule has 0 aliphatic heterocycles. The van der Waals surface area contributed by atoms with Crippen LogP contribution in [-0.4, -0.2) is 13.2 Å². The monoisotopic (exact) mass is 580 g/mol. The van der Waals surface area contributed by atoms with E-state index in [1.165, 1.54) is 116 Å². The molecule has 0 bridgehead atoms. The molecule has 0 fully saturated rings. The molecule has 3 nitrogen and oxygen atoms in total. The summed E-state index contributed by atoms with van der Waals surface area (Å²) in [6.45, 7) is 7.96. The first-order chi connectivity index (χ1) is 20.8. The average molecular weight is 581 g/mol. The summed E-state index contributed by atoms with van der Waals surface area (Å²) in [6.07, 6.45) is 27.3. The summed E-state index contributed by atoms with van der Waals surface area (Å²) < 4.78 is 19.7. The second kappa shape index (κ2) is 24.6. The minimum Gasteiger partial charge on any atom is -0.457 e. The Morgan fingerprint density at radius 1 is 0.476 bits per heavy atom. The molecule has 1 unspecified atom stereocenters. The van der Waals surface area contributed by atoms with Crippen LogP contribution in [0.1, 0.15) is 161 Å². The average Bonchev–Trinajstić information content (AvgIpc) is 3.01. The van der Waals surface area contributed by atoms with Gasteiger partial charge in [-0.05, 0) is 44.0 Å². The predicted octanol–water partition coefficient (Wildman–Crippen LogP) is 12.9. The zero-order chi connectivity index (χ0) is 30.0. The topological polar surface area (TPSA) is 27.7 Å². The van der Waals surface area contributed by atoms with Gasteiger partial charge in [0.05, 0.1) is 12.2 Å². The van der Waals surface area contributed by atoms with Crippen LogP contribution < -0.4 is 4.74 Å². The maximum absolute atomic E-state index is 6.75. The molecular formula is C39H64O3. The van der Waals surface area contributed by atoms with Gasteiger partial charge in [-0.3, -0.25) is 0 Å². The molecule has 0 N–H and O–H groups in total. The van der Waals surface area contributed by atoms with E-state index < -0.39 is 5.79 Å². The normalized spacial score (nSPS) is 12.8. The van der Waals surface area contributed by atoms with Crippen molar-refractivity contribution < 1.29 is 14.2 Å². The molecule has 1 atom stereocenters. The van der Waals surface area contributed by atoms with Gasteiger partial charge in [-0.15, -0.1) is 0 Å². The number of benzene rings is 2. The van der Waals surface area contributed by atoms with Gasteiger partial charge in [-0.2, -0.15) is 0 Å². The second-order valence-electron chi connectivity index (χ2n) is 12.1. The number of hydrogen-bond donors (Lipinski definition) is 0. The van der Waals surface area contributed by atoms with Gasteiger partial charge in [-0.25, -0.2) is 0 Å². The van der Waals surface area contributed by atoms with Crippen LogP contribution in [0.5, 0.6) is 11.5 Å². The van der Waals surface area contributed by atoms with Gasteiger partial charge < -0.3 is 14.2 Å². The summed E-state index contributed by atoms with van der Waals surface area (Å²) in [7, 11) is 0. The Morgan fingerprint density at radius 2 is 0.952 bits per heavy atom. The van der Waals surface area contributed by atoms with E-state index in [4.69, 9.17) is 14.2 Å². The number of para-hydroxylation sites is 2. The van der Waals surface area contributed by atoms with Crippen molar-refractivity contribution in [2.24, 2.45) is 0 Å². The quantitative estimate of drug-likeness (QED) is 0.0740. The van der Waals surface area contributed by atoms with Crippen LogP contribution >= 0.6 is 0 Å². The Balaban J connectivity index is 1.89. The molecule has 0 saturated heterocycles. The lowest BCUT2D eigenvalue weighted by atomic mass is 9.96. The molecule has 0 aliphatic carbocycles. The minimum atomic E-state index is -0.777. The lowest BCUT2D eigenvalue weighted by Crippen LogP contribution is -2.34. The summed E-state index contributed by atoms with van der Waals surface area (Å²) in [4.78, 5) is 0. The largest absolute Gasteiger partial charge is 0.457 e. The predicted molar refractivity (Wildman–Crippen MR) is 181 cm³/mol. The van der Waals surface area contributed by atoms with Gasteiger partial charge >= 0.3 is 0 Å².